The summed E-state index contributed by atoms with van der Waals surface area (Å²) in [4.78, 5) is 39.5. The van der Waals surface area contributed by atoms with Crippen molar-refractivity contribution in [2.45, 2.75) is 25.3 Å². The number of aromatic amines is 2. The summed E-state index contributed by atoms with van der Waals surface area (Å²) in [5, 5.41) is 2.83. The van der Waals surface area contributed by atoms with Crippen LogP contribution in [-0.2, 0) is 12.8 Å². The molecule has 2 aromatic rings. The van der Waals surface area contributed by atoms with E-state index in [-0.39, 0.29) is 17.4 Å². The van der Waals surface area contributed by atoms with Gasteiger partial charge in [-0.1, -0.05) is 12.1 Å². The number of nitrogens with two attached hydrogens (primary N) is 1. The van der Waals surface area contributed by atoms with Crippen LogP contribution in [0, 0.1) is 0 Å². The quantitative estimate of drug-likeness (QED) is 0.626. The number of methoxy groups -OCH3 is 1. The first-order chi connectivity index (χ1) is 11.5. The van der Waals surface area contributed by atoms with Gasteiger partial charge in [0.1, 0.15) is 17.1 Å². The van der Waals surface area contributed by atoms with Gasteiger partial charge in [0.05, 0.1) is 7.11 Å². The number of H-pyrrole nitrogens is 2. The topological polar surface area (TPSA) is 130 Å². The van der Waals surface area contributed by atoms with Crippen LogP contribution in [-0.4, -0.2) is 29.0 Å². The third-order valence-corrected chi connectivity index (χ3v) is 4.20. The van der Waals surface area contributed by atoms with Crippen molar-refractivity contribution in [3.63, 3.8) is 0 Å². The summed E-state index contributed by atoms with van der Waals surface area (Å²) in [6, 6.07) is 5.73. The number of ether oxygens (including phenoxy) is 1. The number of benzene rings is 1. The minimum Gasteiger partial charge on any atom is -0.496 e. The highest BCUT2D eigenvalue weighted by Crippen LogP contribution is 2.29. The Hall–Kier alpha value is -3.03. The molecule has 0 unspecified atom stereocenters. The monoisotopic (exact) mass is 330 g/mol. The number of aromatic nitrogens is 2. The van der Waals surface area contributed by atoms with Gasteiger partial charge >= 0.3 is 5.69 Å². The number of aryl methyl sites for hydroxylation is 1. The average Bonchev–Trinajstić information content (AvgIpc) is 2.57. The zero-order chi connectivity index (χ0) is 17.3. The van der Waals surface area contributed by atoms with Crippen LogP contribution in [0.1, 0.15) is 28.0 Å². The standard InChI is InChI=1S/C16H18N4O4/c1-24-11-4-2-3-8-5-6-9(7-10(8)11)18-15(22)13-12(17)14(21)20-16(23)19-13/h2-4,9H,5-7,17H2,1H3,(H,18,22)(H2,19,20,21,23)/t9-/m1/s1. The van der Waals surface area contributed by atoms with E-state index in [1.807, 2.05) is 23.2 Å². The second kappa shape index (κ2) is 6.23. The predicted octanol–water partition coefficient (Wildman–Crippen LogP) is -0.0587. The molecule has 8 nitrogen and oxygen atoms in total. The number of rotatable bonds is 3. The number of nitrogen functional groups attached to an aromatic ring is 1. The molecule has 0 saturated heterocycles. The van der Waals surface area contributed by atoms with E-state index < -0.39 is 17.2 Å². The van der Waals surface area contributed by atoms with Crippen LogP contribution in [0.15, 0.2) is 27.8 Å². The third-order valence-electron chi connectivity index (χ3n) is 4.20. The highest BCUT2D eigenvalue weighted by molar-refractivity contribution is 5.97. The molecule has 0 aliphatic heterocycles. The number of hydrogen-bond acceptors (Lipinski definition) is 5. The highest BCUT2D eigenvalue weighted by atomic mass is 16.5. The first kappa shape index (κ1) is 15.9. The SMILES string of the molecule is COc1cccc2c1C[C@H](NC(=O)c1[nH]c(=O)[nH]c(=O)c1N)CC2. The fourth-order valence-electron chi connectivity index (χ4n) is 3.00. The second-order valence-electron chi connectivity index (χ2n) is 5.71. The smallest absolute Gasteiger partial charge is 0.326 e. The van der Waals surface area contributed by atoms with Crippen molar-refractivity contribution < 1.29 is 9.53 Å². The fourth-order valence-corrected chi connectivity index (χ4v) is 3.00. The second-order valence-corrected chi connectivity index (χ2v) is 5.71. The molecular weight excluding hydrogens is 312 g/mol. The van der Waals surface area contributed by atoms with Gasteiger partial charge < -0.3 is 20.8 Å². The van der Waals surface area contributed by atoms with E-state index >= 15 is 0 Å². The van der Waals surface area contributed by atoms with Gasteiger partial charge in [0.2, 0.25) is 0 Å². The van der Waals surface area contributed by atoms with Crippen molar-refractivity contribution in [2.24, 2.45) is 0 Å². The van der Waals surface area contributed by atoms with Crippen molar-refractivity contribution in [2.75, 3.05) is 12.8 Å². The van der Waals surface area contributed by atoms with Crippen LogP contribution < -0.4 is 27.0 Å². The Morgan fingerprint density at radius 2 is 2.12 bits per heavy atom. The van der Waals surface area contributed by atoms with Crippen LogP contribution in [0.5, 0.6) is 5.75 Å². The number of amides is 1. The maximum Gasteiger partial charge on any atom is 0.326 e. The van der Waals surface area contributed by atoms with Crippen molar-refractivity contribution in [3.8, 4) is 5.75 Å². The summed E-state index contributed by atoms with van der Waals surface area (Å²) in [7, 11) is 1.61. The van der Waals surface area contributed by atoms with Crippen molar-refractivity contribution in [3.05, 3.63) is 55.9 Å². The molecule has 126 valence electrons. The van der Waals surface area contributed by atoms with E-state index in [0.29, 0.717) is 6.42 Å². The summed E-state index contributed by atoms with van der Waals surface area (Å²) in [6.45, 7) is 0. The van der Waals surface area contributed by atoms with E-state index in [2.05, 4.69) is 10.3 Å². The van der Waals surface area contributed by atoms with Crippen molar-refractivity contribution >= 4 is 11.6 Å². The zero-order valence-electron chi connectivity index (χ0n) is 13.1. The van der Waals surface area contributed by atoms with E-state index in [4.69, 9.17) is 10.5 Å². The van der Waals surface area contributed by atoms with Gasteiger partial charge in [-0.2, -0.15) is 0 Å². The van der Waals surface area contributed by atoms with Crippen LogP contribution in [0.3, 0.4) is 0 Å². The molecule has 1 heterocycles. The molecule has 0 saturated carbocycles. The fraction of sp³-hybridized carbons (Fsp3) is 0.312. The Kier molecular flexibility index (Phi) is 4.11. The Bertz CT molecular complexity index is 885. The maximum atomic E-state index is 12.4. The lowest BCUT2D eigenvalue weighted by molar-refractivity contribution is 0.0928. The van der Waals surface area contributed by atoms with Crippen molar-refractivity contribution in [1.29, 1.82) is 0 Å². The number of carbonyl (C=O) groups excluding carboxylic acids is 1. The summed E-state index contributed by atoms with van der Waals surface area (Å²) in [5.41, 5.74) is 5.78. The van der Waals surface area contributed by atoms with Crippen LogP contribution in [0.25, 0.3) is 0 Å². The number of hydrogen-bond donors (Lipinski definition) is 4. The molecule has 24 heavy (non-hydrogen) atoms. The van der Waals surface area contributed by atoms with Gasteiger partial charge in [-0.15, -0.1) is 0 Å². The molecule has 1 aromatic carbocycles. The Morgan fingerprint density at radius 3 is 2.88 bits per heavy atom. The number of anilines is 1. The largest absolute Gasteiger partial charge is 0.496 e. The molecule has 5 N–H and O–H groups in total. The Morgan fingerprint density at radius 1 is 1.33 bits per heavy atom. The van der Waals surface area contributed by atoms with Gasteiger partial charge in [0, 0.05) is 6.04 Å². The lowest BCUT2D eigenvalue weighted by Gasteiger charge is -2.26. The normalized spacial score (nSPS) is 16.3. The van der Waals surface area contributed by atoms with Crippen LogP contribution in [0.2, 0.25) is 0 Å². The van der Waals surface area contributed by atoms with Crippen molar-refractivity contribution in [1.82, 2.24) is 15.3 Å². The maximum absolute atomic E-state index is 12.4. The molecule has 0 spiro atoms. The molecular formula is C16H18N4O4. The Labute approximate surface area is 137 Å². The van der Waals surface area contributed by atoms with E-state index in [1.54, 1.807) is 7.11 Å². The molecule has 1 amide bonds. The number of nitrogens with one attached hydrogen (secondary N) is 3. The first-order valence-corrected chi connectivity index (χ1v) is 7.57. The molecule has 1 aliphatic rings. The van der Waals surface area contributed by atoms with Gasteiger partial charge in [-0.3, -0.25) is 14.6 Å². The molecule has 1 atom stereocenters. The van der Waals surface area contributed by atoms with Crippen LogP contribution in [0.4, 0.5) is 5.69 Å². The molecule has 1 aliphatic carbocycles. The summed E-state index contributed by atoms with van der Waals surface area (Å²) in [6.07, 6.45) is 2.16. The number of carbonyl (C=O) groups is 1. The summed E-state index contributed by atoms with van der Waals surface area (Å²) < 4.78 is 5.38. The van der Waals surface area contributed by atoms with E-state index in [0.717, 1.165) is 24.2 Å². The lowest BCUT2D eigenvalue weighted by atomic mass is 9.87. The molecule has 8 heteroatoms. The van der Waals surface area contributed by atoms with Gasteiger partial charge in [-0.05, 0) is 36.5 Å². The van der Waals surface area contributed by atoms with Gasteiger partial charge in [0.15, 0.2) is 0 Å². The lowest BCUT2D eigenvalue weighted by Crippen LogP contribution is -2.41. The number of fused-ring (bicyclic) bond motifs is 1. The molecule has 3 rings (SSSR count). The zero-order valence-corrected chi connectivity index (χ0v) is 13.1. The van der Waals surface area contributed by atoms with Gasteiger partial charge in [-0.25, -0.2) is 4.79 Å². The summed E-state index contributed by atoms with van der Waals surface area (Å²) >= 11 is 0. The first-order valence-electron chi connectivity index (χ1n) is 7.57. The average molecular weight is 330 g/mol. The van der Waals surface area contributed by atoms with Crippen LogP contribution >= 0.6 is 0 Å². The van der Waals surface area contributed by atoms with E-state index in [1.165, 1.54) is 5.56 Å². The molecule has 1 aromatic heterocycles. The molecule has 0 radical (unpaired) electrons. The highest BCUT2D eigenvalue weighted by Gasteiger charge is 2.24. The molecule has 0 fully saturated rings. The molecule has 0 bridgehead atoms. The third kappa shape index (κ3) is 2.90. The predicted molar refractivity (Wildman–Crippen MR) is 88.4 cm³/mol. The van der Waals surface area contributed by atoms with Gasteiger partial charge in [0.25, 0.3) is 11.5 Å². The minimum absolute atomic E-state index is 0.136. The minimum atomic E-state index is -0.778. The summed E-state index contributed by atoms with van der Waals surface area (Å²) in [5.74, 6) is 0.217. The Balaban J connectivity index is 1.82. The van der Waals surface area contributed by atoms with E-state index in [9.17, 15) is 14.4 Å².